The summed E-state index contributed by atoms with van der Waals surface area (Å²) in [7, 11) is 1.70. The number of aromatic hydroxyl groups is 1. The molecule has 1 aliphatic heterocycles. The standard InChI is InChI=1S/C30H33ClN4O2/c1-30(2,3)34-16-14-33(15-17-34)23-8-5-7-21(19-23)24-9-6-10-25(28(24)36)22-11-12-27(26(31)20-22)35-18-13-32(4)29(35)37/h5-13,18-20,36H,14-17H2,1-4H3. The number of halogens is 1. The molecular weight excluding hydrogens is 484 g/mol. The number of rotatable bonds is 4. The number of aromatic nitrogens is 2. The molecule has 37 heavy (non-hydrogen) atoms. The number of aryl methyl sites for hydroxylation is 1. The topological polar surface area (TPSA) is 53.6 Å². The van der Waals surface area contributed by atoms with E-state index in [0.717, 1.165) is 48.6 Å². The summed E-state index contributed by atoms with van der Waals surface area (Å²) < 4.78 is 3.01. The normalized spacial score (nSPS) is 14.8. The number of para-hydroxylation sites is 1. The van der Waals surface area contributed by atoms with Crippen molar-refractivity contribution in [3.63, 3.8) is 0 Å². The van der Waals surface area contributed by atoms with Gasteiger partial charge in [0, 0.05) is 68.0 Å². The fourth-order valence-electron chi connectivity index (χ4n) is 5.03. The smallest absolute Gasteiger partial charge is 0.332 e. The molecule has 0 unspecified atom stereocenters. The van der Waals surface area contributed by atoms with Crippen LogP contribution in [0.2, 0.25) is 5.02 Å². The molecule has 0 amide bonds. The molecule has 6 nitrogen and oxygen atoms in total. The molecule has 0 aliphatic carbocycles. The fourth-order valence-corrected chi connectivity index (χ4v) is 5.30. The van der Waals surface area contributed by atoms with Crippen molar-refractivity contribution in [1.82, 2.24) is 14.0 Å². The first kappa shape index (κ1) is 25.2. The Morgan fingerprint density at radius 3 is 2.08 bits per heavy atom. The van der Waals surface area contributed by atoms with E-state index >= 15 is 0 Å². The van der Waals surface area contributed by atoms with E-state index in [0.29, 0.717) is 16.3 Å². The molecule has 7 heteroatoms. The van der Waals surface area contributed by atoms with Gasteiger partial charge in [0.2, 0.25) is 0 Å². The van der Waals surface area contributed by atoms with Crippen molar-refractivity contribution < 1.29 is 5.11 Å². The number of piperazine rings is 1. The van der Waals surface area contributed by atoms with Crippen molar-refractivity contribution in [3.05, 3.63) is 88.6 Å². The average Bonchev–Trinajstić information content (AvgIpc) is 3.21. The molecule has 0 bridgehead atoms. The lowest BCUT2D eigenvalue weighted by Crippen LogP contribution is -2.53. The van der Waals surface area contributed by atoms with Crippen molar-refractivity contribution in [2.75, 3.05) is 31.1 Å². The molecule has 0 atom stereocenters. The van der Waals surface area contributed by atoms with Gasteiger partial charge in [0.1, 0.15) is 5.75 Å². The highest BCUT2D eigenvalue weighted by molar-refractivity contribution is 6.32. The number of anilines is 1. The zero-order chi connectivity index (χ0) is 26.3. The van der Waals surface area contributed by atoms with Gasteiger partial charge < -0.3 is 14.6 Å². The monoisotopic (exact) mass is 516 g/mol. The highest BCUT2D eigenvalue weighted by Gasteiger charge is 2.26. The van der Waals surface area contributed by atoms with E-state index in [9.17, 15) is 9.90 Å². The molecule has 2 heterocycles. The lowest BCUT2D eigenvalue weighted by atomic mass is 9.96. The molecule has 192 valence electrons. The van der Waals surface area contributed by atoms with Gasteiger partial charge in [-0.05, 0) is 56.2 Å². The summed E-state index contributed by atoms with van der Waals surface area (Å²) in [6, 6.07) is 19.6. The molecule has 3 aromatic carbocycles. The Kier molecular flexibility index (Phi) is 6.65. The van der Waals surface area contributed by atoms with Gasteiger partial charge in [-0.3, -0.25) is 9.47 Å². The summed E-state index contributed by atoms with van der Waals surface area (Å²) in [5.74, 6) is 0.206. The molecule has 0 spiro atoms. The van der Waals surface area contributed by atoms with Crippen molar-refractivity contribution >= 4 is 17.3 Å². The maximum atomic E-state index is 12.4. The zero-order valence-electron chi connectivity index (χ0n) is 21.8. The summed E-state index contributed by atoms with van der Waals surface area (Å²) in [5.41, 5.74) is 4.99. The fraction of sp³-hybridized carbons (Fsp3) is 0.300. The second-order valence-corrected chi connectivity index (χ2v) is 11.0. The lowest BCUT2D eigenvalue weighted by molar-refractivity contribution is 0.128. The van der Waals surface area contributed by atoms with Gasteiger partial charge in [0.05, 0.1) is 10.7 Å². The lowest BCUT2D eigenvalue weighted by Gasteiger charge is -2.43. The Balaban J connectivity index is 1.43. The third-order valence-electron chi connectivity index (χ3n) is 7.25. The molecule has 4 aromatic rings. The second kappa shape index (κ2) is 9.77. The van der Waals surface area contributed by atoms with Crippen molar-refractivity contribution in [3.8, 4) is 33.7 Å². The van der Waals surface area contributed by atoms with Crippen LogP contribution in [0.5, 0.6) is 5.75 Å². The van der Waals surface area contributed by atoms with Crippen LogP contribution in [0.3, 0.4) is 0 Å². The molecular formula is C30H33ClN4O2. The Labute approximate surface area is 223 Å². The van der Waals surface area contributed by atoms with E-state index in [-0.39, 0.29) is 17.0 Å². The van der Waals surface area contributed by atoms with Gasteiger partial charge >= 0.3 is 5.69 Å². The summed E-state index contributed by atoms with van der Waals surface area (Å²) in [6.07, 6.45) is 3.39. The summed E-state index contributed by atoms with van der Waals surface area (Å²) in [5, 5.41) is 11.8. The molecule has 1 aliphatic rings. The van der Waals surface area contributed by atoms with Gasteiger partial charge in [-0.2, -0.15) is 0 Å². The minimum Gasteiger partial charge on any atom is -0.507 e. The first-order chi connectivity index (χ1) is 17.6. The van der Waals surface area contributed by atoms with E-state index < -0.39 is 0 Å². The van der Waals surface area contributed by atoms with Gasteiger partial charge in [0.25, 0.3) is 0 Å². The van der Waals surface area contributed by atoms with E-state index in [4.69, 9.17) is 11.6 Å². The maximum absolute atomic E-state index is 12.4. The van der Waals surface area contributed by atoms with Crippen LogP contribution in [0.15, 0.2) is 77.9 Å². The SMILES string of the molecule is Cn1ccn(-c2ccc(-c3cccc(-c4cccc(N5CCN(C(C)(C)C)CC5)c4)c3O)cc2Cl)c1=O. The predicted octanol–water partition coefficient (Wildman–Crippen LogP) is 5.79. The number of hydrogen-bond donors (Lipinski definition) is 1. The minimum absolute atomic E-state index is 0.167. The summed E-state index contributed by atoms with van der Waals surface area (Å²) in [6.45, 7) is 10.8. The summed E-state index contributed by atoms with van der Waals surface area (Å²) in [4.78, 5) is 17.3. The maximum Gasteiger partial charge on any atom is 0.332 e. The van der Waals surface area contributed by atoms with Crippen LogP contribution in [0, 0.1) is 0 Å². The second-order valence-electron chi connectivity index (χ2n) is 10.6. The Bertz CT molecular complexity index is 1490. The number of nitrogens with zero attached hydrogens (tertiary/aromatic N) is 4. The number of phenolic OH excluding ortho intramolecular Hbond substituents is 1. The van der Waals surface area contributed by atoms with Crippen molar-refractivity contribution in [1.29, 1.82) is 0 Å². The molecule has 0 radical (unpaired) electrons. The van der Waals surface area contributed by atoms with E-state index in [1.165, 1.54) is 9.13 Å². The van der Waals surface area contributed by atoms with Crippen LogP contribution in [0.1, 0.15) is 20.8 Å². The Hall–Kier alpha value is -3.48. The predicted molar refractivity (Wildman–Crippen MR) is 152 cm³/mol. The molecule has 5 rings (SSSR count). The van der Waals surface area contributed by atoms with Crippen LogP contribution in [-0.4, -0.2) is 50.9 Å². The zero-order valence-corrected chi connectivity index (χ0v) is 22.5. The van der Waals surface area contributed by atoms with Gasteiger partial charge in [-0.1, -0.05) is 48.0 Å². The quantitative estimate of drug-likeness (QED) is 0.373. The highest BCUT2D eigenvalue weighted by Crippen LogP contribution is 2.40. The van der Waals surface area contributed by atoms with Crippen molar-refractivity contribution in [2.45, 2.75) is 26.3 Å². The third kappa shape index (κ3) is 4.91. The summed E-state index contributed by atoms with van der Waals surface area (Å²) >= 11 is 6.59. The van der Waals surface area contributed by atoms with Crippen LogP contribution in [0.4, 0.5) is 5.69 Å². The first-order valence-corrected chi connectivity index (χ1v) is 13.0. The van der Waals surface area contributed by atoms with Gasteiger partial charge in [-0.25, -0.2) is 4.79 Å². The number of hydrogen-bond acceptors (Lipinski definition) is 4. The molecule has 1 aromatic heterocycles. The molecule has 1 saturated heterocycles. The number of imidazole rings is 1. The minimum atomic E-state index is -0.167. The third-order valence-corrected chi connectivity index (χ3v) is 7.55. The van der Waals surface area contributed by atoms with Crippen LogP contribution in [0.25, 0.3) is 27.9 Å². The largest absolute Gasteiger partial charge is 0.507 e. The first-order valence-electron chi connectivity index (χ1n) is 12.6. The van der Waals surface area contributed by atoms with Crippen LogP contribution < -0.4 is 10.6 Å². The van der Waals surface area contributed by atoms with Crippen LogP contribution in [-0.2, 0) is 7.05 Å². The number of phenols is 1. The average molecular weight is 517 g/mol. The highest BCUT2D eigenvalue weighted by atomic mass is 35.5. The molecule has 0 saturated carbocycles. The Morgan fingerprint density at radius 1 is 0.838 bits per heavy atom. The van der Waals surface area contributed by atoms with Gasteiger partial charge in [-0.15, -0.1) is 0 Å². The van der Waals surface area contributed by atoms with Crippen LogP contribution >= 0.6 is 11.6 Å². The van der Waals surface area contributed by atoms with E-state index in [1.54, 1.807) is 25.5 Å². The van der Waals surface area contributed by atoms with E-state index in [1.807, 2.05) is 36.4 Å². The number of benzene rings is 3. The molecule has 1 N–H and O–H groups in total. The van der Waals surface area contributed by atoms with Crippen molar-refractivity contribution in [2.24, 2.45) is 7.05 Å². The van der Waals surface area contributed by atoms with Gasteiger partial charge in [0.15, 0.2) is 0 Å². The Morgan fingerprint density at radius 2 is 1.49 bits per heavy atom. The van der Waals surface area contributed by atoms with E-state index in [2.05, 4.69) is 48.8 Å². The molecule has 1 fully saturated rings.